The minimum absolute atomic E-state index is 0.0555. The third kappa shape index (κ3) is 2.31. The van der Waals surface area contributed by atoms with E-state index in [0.29, 0.717) is 6.54 Å². The van der Waals surface area contributed by atoms with E-state index in [9.17, 15) is 15.0 Å². The first kappa shape index (κ1) is 15.1. The van der Waals surface area contributed by atoms with Crippen molar-refractivity contribution in [2.24, 2.45) is 5.41 Å². The number of aromatic carboxylic acids is 1. The summed E-state index contributed by atoms with van der Waals surface area (Å²) in [6.45, 7) is 7.05. The molecule has 22 heavy (non-hydrogen) atoms. The van der Waals surface area contributed by atoms with Crippen LogP contribution in [0.15, 0.2) is 22.8 Å². The van der Waals surface area contributed by atoms with Crippen molar-refractivity contribution in [1.29, 1.82) is 0 Å². The molecule has 1 aromatic carbocycles. The number of hydrogen-bond donors (Lipinski definition) is 2. The number of aromatic hydroxyl groups is 1. The SMILES string of the molecule is CC(C)(C)C1Cn2nc(Br)cc2-c2cc(O)c(C(=O)O)cc21. The van der Waals surface area contributed by atoms with Crippen LogP contribution in [0, 0.1) is 5.41 Å². The third-order valence-electron chi connectivity index (χ3n) is 4.20. The van der Waals surface area contributed by atoms with E-state index in [-0.39, 0.29) is 22.6 Å². The second-order valence-corrected chi connectivity index (χ2v) is 7.53. The zero-order valence-corrected chi connectivity index (χ0v) is 14.2. The van der Waals surface area contributed by atoms with Crippen molar-refractivity contribution >= 4 is 21.9 Å². The molecule has 0 amide bonds. The van der Waals surface area contributed by atoms with Gasteiger partial charge in [-0.15, -0.1) is 0 Å². The number of carbonyl (C=O) groups is 1. The van der Waals surface area contributed by atoms with Crippen molar-refractivity contribution in [1.82, 2.24) is 9.78 Å². The third-order valence-corrected chi connectivity index (χ3v) is 4.59. The van der Waals surface area contributed by atoms with Gasteiger partial charge in [0.15, 0.2) is 0 Å². The predicted octanol–water partition coefficient (Wildman–Crippen LogP) is 3.86. The van der Waals surface area contributed by atoms with Crippen molar-refractivity contribution in [2.75, 3.05) is 0 Å². The fourth-order valence-corrected chi connectivity index (χ4v) is 3.45. The summed E-state index contributed by atoms with van der Waals surface area (Å²) in [5.41, 5.74) is 2.56. The molecule has 1 atom stereocenters. The van der Waals surface area contributed by atoms with Gasteiger partial charge in [0.1, 0.15) is 15.9 Å². The molecule has 2 N–H and O–H groups in total. The van der Waals surface area contributed by atoms with Gasteiger partial charge in [-0.2, -0.15) is 5.10 Å². The Labute approximate surface area is 136 Å². The molecular formula is C16H17BrN2O3. The molecular weight excluding hydrogens is 348 g/mol. The Bertz CT molecular complexity index is 774. The van der Waals surface area contributed by atoms with Crippen molar-refractivity contribution in [3.05, 3.63) is 33.9 Å². The van der Waals surface area contributed by atoms with Gasteiger partial charge in [-0.1, -0.05) is 20.8 Å². The fraction of sp³-hybridized carbons (Fsp3) is 0.375. The minimum atomic E-state index is -1.12. The van der Waals surface area contributed by atoms with E-state index in [1.165, 1.54) is 6.07 Å². The quantitative estimate of drug-likeness (QED) is 0.805. The summed E-state index contributed by atoms with van der Waals surface area (Å²) in [6, 6.07) is 5.03. The first-order valence-electron chi connectivity index (χ1n) is 7.02. The highest BCUT2D eigenvalue weighted by molar-refractivity contribution is 9.10. The lowest BCUT2D eigenvalue weighted by atomic mass is 9.73. The van der Waals surface area contributed by atoms with Crippen molar-refractivity contribution in [3.63, 3.8) is 0 Å². The second-order valence-electron chi connectivity index (χ2n) is 6.71. The first-order chi connectivity index (χ1) is 10.2. The minimum Gasteiger partial charge on any atom is -0.507 e. The molecule has 0 spiro atoms. The van der Waals surface area contributed by atoms with Gasteiger partial charge in [0.05, 0.1) is 5.69 Å². The van der Waals surface area contributed by atoms with Crippen LogP contribution in [-0.4, -0.2) is 26.0 Å². The molecule has 1 aromatic heterocycles. The van der Waals surface area contributed by atoms with Crippen LogP contribution in [0.3, 0.4) is 0 Å². The van der Waals surface area contributed by atoms with Crippen LogP contribution < -0.4 is 0 Å². The molecule has 116 valence electrons. The molecule has 0 saturated heterocycles. The maximum atomic E-state index is 11.3. The summed E-state index contributed by atoms with van der Waals surface area (Å²) < 4.78 is 2.63. The molecule has 0 radical (unpaired) electrons. The van der Waals surface area contributed by atoms with Crippen LogP contribution in [0.1, 0.15) is 42.6 Å². The predicted molar refractivity (Wildman–Crippen MR) is 86.2 cm³/mol. The lowest BCUT2D eigenvalue weighted by molar-refractivity contribution is 0.0693. The molecule has 1 aliphatic heterocycles. The topological polar surface area (TPSA) is 75.3 Å². The summed E-state index contributed by atoms with van der Waals surface area (Å²) in [5, 5.41) is 23.7. The monoisotopic (exact) mass is 364 g/mol. The first-order valence-corrected chi connectivity index (χ1v) is 7.81. The highest BCUT2D eigenvalue weighted by Gasteiger charge is 2.35. The van der Waals surface area contributed by atoms with Crippen LogP contribution in [0.4, 0.5) is 0 Å². The number of halogens is 1. The lowest BCUT2D eigenvalue weighted by Crippen LogP contribution is -2.28. The number of nitrogens with zero attached hydrogens (tertiary/aromatic N) is 2. The molecule has 0 saturated carbocycles. The number of rotatable bonds is 1. The van der Waals surface area contributed by atoms with E-state index >= 15 is 0 Å². The van der Waals surface area contributed by atoms with Crippen molar-refractivity contribution < 1.29 is 15.0 Å². The highest BCUT2D eigenvalue weighted by Crippen LogP contribution is 2.46. The lowest BCUT2D eigenvalue weighted by Gasteiger charge is -2.36. The van der Waals surface area contributed by atoms with E-state index in [1.807, 2.05) is 10.7 Å². The average Bonchev–Trinajstić information content (AvgIpc) is 2.76. The molecule has 2 aromatic rings. The van der Waals surface area contributed by atoms with E-state index in [0.717, 1.165) is 21.4 Å². The smallest absolute Gasteiger partial charge is 0.339 e. The van der Waals surface area contributed by atoms with E-state index in [1.54, 1.807) is 6.07 Å². The van der Waals surface area contributed by atoms with Crippen LogP contribution in [0.2, 0.25) is 0 Å². The maximum absolute atomic E-state index is 11.3. The standard InChI is InChI=1S/C16H17BrN2O3/c1-16(2,3)11-7-19-12(6-14(17)18-19)9-5-13(20)10(15(21)22)4-8(9)11/h4-6,11,20H,7H2,1-3H3,(H,21,22). The number of carboxylic acids is 1. The Balaban J connectivity index is 2.30. The van der Waals surface area contributed by atoms with Gasteiger partial charge in [-0.3, -0.25) is 4.68 Å². The summed E-state index contributed by atoms with van der Waals surface area (Å²) in [6.07, 6.45) is 0. The second kappa shape index (κ2) is 4.84. The van der Waals surface area contributed by atoms with Gasteiger partial charge in [0, 0.05) is 18.0 Å². The Kier molecular flexibility index (Phi) is 3.32. The van der Waals surface area contributed by atoms with Crippen LogP contribution in [-0.2, 0) is 6.54 Å². The normalized spacial score (nSPS) is 17.0. The molecule has 1 unspecified atom stereocenters. The number of benzene rings is 1. The number of carboxylic acid groups (broad SMARTS) is 1. The zero-order chi connectivity index (χ0) is 16.2. The molecule has 1 aliphatic rings. The maximum Gasteiger partial charge on any atom is 0.339 e. The van der Waals surface area contributed by atoms with Gasteiger partial charge in [-0.05, 0) is 45.1 Å². The summed E-state index contributed by atoms with van der Waals surface area (Å²) in [5.74, 6) is -1.22. The summed E-state index contributed by atoms with van der Waals surface area (Å²) >= 11 is 3.38. The largest absolute Gasteiger partial charge is 0.507 e. The number of aromatic nitrogens is 2. The van der Waals surface area contributed by atoms with Gasteiger partial charge in [-0.25, -0.2) is 4.79 Å². The van der Waals surface area contributed by atoms with Gasteiger partial charge in [0.25, 0.3) is 0 Å². The van der Waals surface area contributed by atoms with E-state index < -0.39 is 5.97 Å². The van der Waals surface area contributed by atoms with Gasteiger partial charge in [0.2, 0.25) is 0 Å². The molecule has 5 nitrogen and oxygen atoms in total. The Morgan fingerprint density at radius 2 is 2.05 bits per heavy atom. The zero-order valence-electron chi connectivity index (χ0n) is 12.6. The highest BCUT2D eigenvalue weighted by atomic mass is 79.9. The van der Waals surface area contributed by atoms with Crippen LogP contribution >= 0.6 is 15.9 Å². The number of hydrogen-bond acceptors (Lipinski definition) is 3. The fourth-order valence-electron chi connectivity index (χ4n) is 3.04. The molecule has 2 heterocycles. The van der Waals surface area contributed by atoms with Crippen LogP contribution in [0.25, 0.3) is 11.3 Å². The average molecular weight is 365 g/mol. The molecule has 6 heteroatoms. The molecule has 0 aliphatic carbocycles. The van der Waals surface area contributed by atoms with Gasteiger partial charge < -0.3 is 10.2 Å². The van der Waals surface area contributed by atoms with Crippen molar-refractivity contribution in [3.8, 4) is 17.0 Å². The number of fused-ring (bicyclic) bond motifs is 3. The summed E-state index contributed by atoms with van der Waals surface area (Å²) in [4.78, 5) is 11.3. The van der Waals surface area contributed by atoms with E-state index in [4.69, 9.17) is 0 Å². The Morgan fingerprint density at radius 1 is 1.36 bits per heavy atom. The Hall–Kier alpha value is -1.82. The molecule has 0 fully saturated rings. The molecule has 0 bridgehead atoms. The van der Waals surface area contributed by atoms with Crippen LogP contribution in [0.5, 0.6) is 5.75 Å². The van der Waals surface area contributed by atoms with Crippen molar-refractivity contribution in [2.45, 2.75) is 33.2 Å². The molecule has 3 rings (SSSR count). The number of phenols is 1. The van der Waals surface area contributed by atoms with E-state index in [2.05, 4.69) is 41.8 Å². The summed E-state index contributed by atoms with van der Waals surface area (Å²) in [7, 11) is 0. The van der Waals surface area contributed by atoms with Gasteiger partial charge >= 0.3 is 5.97 Å². The Morgan fingerprint density at radius 3 is 2.64 bits per heavy atom.